The molecule has 0 spiro atoms. The van der Waals surface area contributed by atoms with E-state index in [1.807, 2.05) is 17.0 Å². The lowest BCUT2D eigenvalue weighted by Crippen LogP contribution is -2.43. The van der Waals surface area contributed by atoms with Gasteiger partial charge in [-0.15, -0.1) is 5.11 Å². The topological polar surface area (TPSA) is 103 Å². The summed E-state index contributed by atoms with van der Waals surface area (Å²) in [5, 5.41) is 15.1. The molecule has 2 saturated heterocycles. The standard InChI is InChI=1S/C25H30FN9O/c1-18-12-21(14-22(13-18)34-6-4-27-5-7-34)31-20-3-2-19(28-15-20)16-30-33-25-29-17-23(26)24(32-25)35-8-10-36-11-9-35/h2-3,12-15,17,27,31H,4-11,16H2,1H3. The molecule has 2 aromatic heterocycles. The number of pyridine rings is 1. The van der Waals surface area contributed by atoms with Crippen molar-refractivity contribution < 1.29 is 9.13 Å². The maximum Gasteiger partial charge on any atom is 0.270 e. The van der Waals surface area contributed by atoms with Gasteiger partial charge in [0.15, 0.2) is 11.6 Å². The largest absolute Gasteiger partial charge is 0.378 e. The van der Waals surface area contributed by atoms with Gasteiger partial charge in [-0.1, -0.05) is 0 Å². The molecule has 2 aliphatic heterocycles. The molecule has 11 heteroatoms. The van der Waals surface area contributed by atoms with Crippen LogP contribution in [0.3, 0.4) is 0 Å². The molecular weight excluding hydrogens is 461 g/mol. The van der Waals surface area contributed by atoms with Gasteiger partial charge in [0, 0.05) is 50.6 Å². The summed E-state index contributed by atoms with van der Waals surface area (Å²) in [6.07, 6.45) is 2.91. The fourth-order valence-electron chi connectivity index (χ4n) is 4.26. The van der Waals surface area contributed by atoms with E-state index in [4.69, 9.17) is 4.74 Å². The first-order valence-corrected chi connectivity index (χ1v) is 12.2. The number of nitrogens with one attached hydrogen (secondary N) is 2. The molecule has 1 aromatic carbocycles. The zero-order valence-electron chi connectivity index (χ0n) is 20.3. The predicted octanol–water partition coefficient (Wildman–Crippen LogP) is 3.59. The number of piperazine rings is 1. The maximum atomic E-state index is 14.2. The van der Waals surface area contributed by atoms with E-state index in [1.54, 1.807) is 6.20 Å². The zero-order valence-corrected chi connectivity index (χ0v) is 20.3. The van der Waals surface area contributed by atoms with Crippen molar-refractivity contribution in [3.8, 4) is 0 Å². The third kappa shape index (κ3) is 6.10. The van der Waals surface area contributed by atoms with Crippen molar-refractivity contribution in [2.45, 2.75) is 13.5 Å². The van der Waals surface area contributed by atoms with Gasteiger partial charge >= 0.3 is 0 Å². The van der Waals surface area contributed by atoms with E-state index in [-0.39, 0.29) is 18.3 Å². The van der Waals surface area contributed by atoms with Crippen molar-refractivity contribution in [3.63, 3.8) is 0 Å². The lowest BCUT2D eigenvalue weighted by Gasteiger charge is -2.30. The summed E-state index contributed by atoms with van der Waals surface area (Å²) in [5.41, 5.74) is 5.11. The normalized spacial score (nSPS) is 16.5. The van der Waals surface area contributed by atoms with E-state index in [9.17, 15) is 4.39 Å². The molecule has 5 rings (SSSR count). The molecule has 0 bridgehead atoms. The zero-order chi connectivity index (χ0) is 24.7. The lowest BCUT2D eigenvalue weighted by atomic mass is 10.1. The van der Waals surface area contributed by atoms with Crippen molar-refractivity contribution in [3.05, 3.63) is 59.8 Å². The van der Waals surface area contributed by atoms with Gasteiger partial charge in [-0.25, -0.2) is 9.37 Å². The van der Waals surface area contributed by atoms with Crippen molar-refractivity contribution in [1.29, 1.82) is 0 Å². The number of aryl methyl sites for hydroxylation is 1. The van der Waals surface area contributed by atoms with Crippen LogP contribution in [0.1, 0.15) is 11.3 Å². The Morgan fingerprint density at radius 2 is 1.83 bits per heavy atom. The lowest BCUT2D eigenvalue weighted by molar-refractivity contribution is 0.122. The van der Waals surface area contributed by atoms with Gasteiger partial charge in [0.05, 0.1) is 37.0 Å². The van der Waals surface area contributed by atoms with Crippen LogP contribution in [0.5, 0.6) is 0 Å². The summed E-state index contributed by atoms with van der Waals surface area (Å²) in [4.78, 5) is 16.9. The van der Waals surface area contributed by atoms with Gasteiger partial charge in [0.2, 0.25) is 0 Å². The van der Waals surface area contributed by atoms with E-state index >= 15 is 0 Å². The van der Waals surface area contributed by atoms with Crippen LogP contribution in [0.4, 0.5) is 33.2 Å². The number of halogens is 1. The van der Waals surface area contributed by atoms with Crippen molar-refractivity contribution in [1.82, 2.24) is 20.3 Å². The molecule has 10 nitrogen and oxygen atoms in total. The first-order chi connectivity index (χ1) is 17.6. The van der Waals surface area contributed by atoms with Crippen molar-refractivity contribution >= 4 is 28.8 Å². The fourth-order valence-corrected chi connectivity index (χ4v) is 4.26. The monoisotopic (exact) mass is 491 g/mol. The number of hydrogen-bond acceptors (Lipinski definition) is 10. The molecule has 36 heavy (non-hydrogen) atoms. The maximum absolute atomic E-state index is 14.2. The number of azo groups is 1. The average molecular weight is 492 g/mol. The Balaban J connectivity index is 1.20. The van der Waals surface area contributed by atoms with E-state index < -0.39 is 5.82 Å². The van der Waals surface area contributed by atoms with Gasteiger partial charge in [0.1, 0.15) is 6.54 Å². The van der Waals surface area contributed by atoms with Gasteiger partial charge in [0.25, 0.3) is 5.95 Å². The second-order valence-electron chi connectivity index (χ2n) is 8.80. The predicted molar refractivity (Wildman–Crippen MR) is 137 cm³/mol. The molecule has 0 unspecified atom stereocenters. The quantitative estimate of drug-likeness (QED) is 0.484. The molecular formula is C25H30FN9O. The number of aromatic nitrogens is 3. The second kappa shape index (κ2) is 11.4. The molecule has 0 aliphatic carbocycles. The third-order valence-corrected chi connectivity index (χ3v) is 6.07. The Morgan fingerprint density at radius 1 is 1.00 bits per heavy atom. The highest BCUT2D eigenvalue weighted by atomic mass is 19.1. The molecule has 2 N–H and O–H groups in total. The van der Waals surface area contributed by atoms with Crippen LogP contribution in [0.15, 0.2) is 53.0 Å². The van der Waals surface area contributed by atoms with Gasteiger partial charge < -0.3 is 25.2 Å². The number of ether oxygens (including phenoxy) is 1. The van der Waals surface area contributed by atoms with E-state index in [0.29, 0.717) is 26.3 Å². The highest BCUT2D eigenvalue weighted by molar-refractivity contribution is 5.66. The summed E-state index contributed by atoms with van der Waals surface area (Å²) in [6, 6.07) is 10.4. The molecule has 188 valence electrons. The molecule has 2 fully saturated rings. The van der Waals surface area contributed by atoms with Gasteiger partial charge in [-0.3, -0.25) is 4.98 Å². The van der Waals surface area contributed by atoms with Crippen LogP contribution in [0.25, 0.3) is 0 Å². The third-order valence-electron chi connectivity index (χ3n) is 6.07. The molecule has 0 amide bonds. The number of hydrogen-bond donors (Lipinski definition) is 2. The molecule has 3 aromatic rings. The minimum absolute atomic E-state index is 0.121. The minimum Gasteiger partial charge on any atom is -0.378 e. The number of morpholine rings is 1. The molecule has 0 saturated carbocycles. The number of anilines is 4. The number of rotatable bonds is 7. The summed E-state index contributed by atoms with van der Waals surface area (Å²) in [6.45, 7) is 8.63. The summed E-state index contributed by atoms with van der Waals surface area (Å²) >= 11 is 0. The molecule has 4 heterocycles. The van der Waals surface area contributed by atoms with Crippen LogP contribution in [-0.2, 0) is 11.3 Å². The van der Waals surface area contributed by atoms with Crippen LogP contribution in [0, 0.1) is 12.7 Å². The van der Waals surface area contributed by atoms with Gasteiger partial charge in [-0.05, 0) is 42.8 Å². The smallest absolute Gasteiger partial charge is 0.270 e. The Hall–Kier alpha value is -3.70. The molecule has 2 aliphatic rings. The Labute approximate surface area is 209 Å². The minimum atomic E-state index is -0.478. The fraction of sp³-hybridized carbons (Fsp3) is 0.400. The highest BCUT2D eigenvalue weighted by Gasteiger charge is 2.18. The van der Waals surface area contributed by atoms with E-state index in [0.717, 1.165) is 49.4 Å². The first kappa shape index (κ1) is 24.0. The SMILES string of the molecule is Cc1cc(Nc2ccc(CN=Nc3ncc(F)c(N4CCOCC4)n3)nc2)cc(N2CCNCC2)c1. The summed E-state index contributed by atoms with van der Waals surface area (Å²) < 4.78 is 19.5. The van der Waals surface area contributed by atoms with Crippen LogP contribution in [-0.4, -0.2) is 67.4 Å². The Kier molecular flexibility index (Phi) is 7.58. The summed E-state index contributed by atoms with van der Waals surface area (Å²) in [5.74, 6) is -0.128. The Morgan fingerprint density at radius 3 is 2.61 bits per heavy atom. The van der Waals surface area contributed by atoms with E-state index in [2.05, 4.69) is 65.8 Å². The van der Waals surface area contributed by atoms with E-state index in [1.165, 1.54) is 11.3 Å². The van der Waals surface area contributed by atoms with Crippen molar-refractivity contribution in [2.24, 2.45) is 10.2 Å². The first-order valence-electron chi connectivity index (χ1n) is 12.2. The number of benzene rings is 1. The van der Waals surface area contributed by atoms with Crippen LogP contribution in [0.2, 0.25) is 0 Å². The van der Waals surface area contributed by atoms with Crippen LogP contribution >= 0.6 is 0 Å². The van der Waals surface area contributed by atoms with Crippen molar-refractivity contribution in [2.75, 3.05) is 67.6 Å². The molecule has 0 atom stereocenters. The highest BCUT2D eigenvalue weighted by Crippen LogP contribution is 2.25. The van der Waals surface area contributed by atoms with Crippen LogP contribution < -0.4 is 20.4 Å². The molecule has 0 radical (unpaired) electrons. The summed E-state index contributed by atoms with van der Waals surface area (Å²) in [7, 11) is 0. The van der Waals surface area contributed by atoms with Gasteiger partial charge in [-0.2, -0.15) is 10.1 Å². The Bertz CT molecular complexity index is 1190. The number of nitrogens with zero attached hydrogens (tertiary/aromatic N) is 7. The average Bonchev–Trinajstić information content (AvgIpc) is 2.91. The second-order valence-corrected chi connectivity index (χ2v) is 8.80.